The Hall–Kier alpha value is -1.72. The fraction of sp³-hybridized carbons (Fsp3) is 0.250. The van der Waals surface area contributed by atoms with Gasteiger partial charge in [-0.05, 0) is 61.8 Å². The van der Waals surface area contributed by atoms with E-state index in [4.69, 9.17) is 12.2 Å². The number of rotatable bonds is 2. The van der Waals surface area contributed by atoms with Gasteiger partial charge in [0.2, 0.25) is 0 Å². The molecule has 0 saturated carbocycles. The summed E-state index contributed by atoms with van der Waals surface area (Å²) in [6, 6.07) is 8.01. The molecule has 3 rings (SSSR count). The second-order valence-corrected chi connectivity index (χ2v) is 6.75. The van der Waals surface area contributed by atoms with Crippen molar-refractivity contribution in [1.82, 2.24) is 9.55 Å². The number of fused-ring (bicyclic) bond motifs is 1. The van der Waals surface area contributed by atoms with Crippen LogP contribution in [0, 0.1) is 18.6 Å². The lowest BCUT2D eigenvalue weighted by atomic mass is 10.1. The Morgan fingerprint density at radius 3 is 2.48 bits per heavy atom. The quantitative estimate of drug-likeness (QED) is 0.716. The van der Waals surface area contributed by atoms with Gasteiger partial charge < -0.3 is 4.98 Å². The Labute approximate surface area is 131 Å². The maximum Gasteiger partial charge on any atom is 0.267 e. The molecule has 0 unspecified atom stereocenters. The van der Waals surface area contributed by atoms with Gasteiger partial charge in [0.05, 0.1) is 11.1 Å². The number of hydrogen-bond acceptors (Lipinski definition) is 3. The van der Waals surface area contributed by atoms with Crippen molar-refractivity contribution in [3.63, 3.8) is 0 Å². The number of nitrogens with one attached hydrogen (secondary N) is 1. The molecule has 5 heteroatoms. The Morgan fingerprint density at radius 1 is 1.19 bits per heavy atom. The number of thiophene rings is 1. The smallest absolute Gasteiger partial charge is 0.267 e. The van der Waals surface area contributed by atoms with E-state index in [1.54, 1.807) is 15.9 Å². The molecule has 0 aliphatic rings. The second kappa shape index (κ2) is 5.24. The maximum atomic E-state index is 12.8. The number of H-pyrrole nitrogens is 1. The van der Waals surface area contributed by atoms with Gasteiger partial charge in [0.15, 0.2) is 4.77 Å². The summed E-state index contributed by atoms with van der Waals surface area (Å²) in [6.07, 6.45) is 0.920. The van der Waals surface area contributed by atoms with Crippen molar-refractivity contribution in [3.8, 4) is 5.69 Å². The minimum Gasteiger partial charge on any atom is -0.323 e. The van der Waals surface area contributed by atoms with Gasteiger partial charge in [-0.2, -0.15) is 0 Å². The molecule has 1 aromatic carbocycles. The molecule has 0 aliphatic carbocycles. The molecule has 0 radical (unpaired) electrons. The normalized spacial score (nSPS) is 11.2. The van der Waals surface area contributed by atoms with Crippen molar-refractivity contribution in [2.24, 2.45) is 0 Å². The predicted molar refractivity (Wildman–Crippen MR) is 91.5 cm³/mol. The Balaban J connectivity index is 2.37. The summed E-state index contributed by atoms with van der Waals surface area (Å²) >= 11 is 7.00. The van der Waals surface area contributed by atoms with Gasteiger partial charge in [0.25, 0.3) is 5.56 Å². The average Bonchev–Trinajstić information content (AvgIpc) is 2.81. The Morgan fingerprint density at radius 2 is 1.86 bits per heavy atom. The third-order valence-corrected chi connectivity index (χ3v) is 4.93. The van der Waals surface area contributed by atoms with E-state index < -0.39 is 0 Å². The second-order valence-electron chi connectivity index (χ2n) is 5.23. The molecule has 1 N–H and O–H groups in total. The third-order valence-electron chi connectivity index (χ3n) is 3.45. The SMILES string of the molecule is CCc1cc2c(=O)n(-c3cc(C)cc(C)c3)c(=S)[nH]c2s1. The van der Waals surface area contributed by atoms with Gasteiger partial charge in [0.1, 0.15) is 4.83 Å². The number of aromatic amines is 1. The zero-order valence-electron chi connectivity index (χ0n) is 12.2. The van der Waals surface area contributed by atoms with Crippen molar-refractivity contribution in [2.75, 3.05) is 0 Å². The number of nitrogens with zero attached hydrogens (tertiary/aromatic N) is 1. The fourth-order valence-electron chi connectivity index (χ4n) is 2.55. The molecule has 0 fully saturated rings. The largest absolute Gasteiger partial charge is 0.323 e. The topological polar surface area (TPSA) is 37.8 Å². The van der Waals surface area contributed by atoms with E-state index in [1.165, 1.54) is 4.88 Å². The number of hydrogen-bond donors (Lipinski definition) is 1. The number of aryl methyl sites for hydroxylation is 3. The summed E-state index contributed by atoms with van der Waals surface area (Å²) in [4.78, 5) is 18.0. The van der Waals surface area contributed by atoms with Crippen molar-refractivity contribution < 1.29 is 0 Å². The van der Waals surface area contributed by atoms with Gasteiger partial charge in [0, 0.05) is 4.88 Å². The van der Waals surface area contributed by atoms with E-state index in [9.17, 15) is 4.79 Å². The van der Waals surface area contributed by atoms with Crippen LogP contribution in [0.3, 0.4) is 0 Å². The molecule has 0 bridgehead atoms. The first-order valence-corrected chi connectivity index (χ1v) is 8.08. The standard InChI is InChI=1S/C16H16N2OS2/c1-4-12-8-13-14(21-12)17-16(20)18(15(13)19)11-6-9(2)5-10(3)7-11/h5-8H,4H2,1-3H3,(H,17,20). The molecule has 2 heterocycles. The zero-order chi connectivity index (χ0) is 15.1. The summed E-state index contributed by atoms with van der Waals surface area (Å²) in [5, 5.41) is 0.713. The Bertz CT molecular complexity index is 927. The van der Waals surface area contributed by atoms with E-state index in [0.29, 0.717) is 10.2 Å². The molecular weight excluding hydrogens is 300 g/mol. The van der Waals surface area contributed by atoms with Crippen molar-refractivity contribution in [2.45, 2.75) is 27.2 Å². The zero-order valence-corrected chi connectivity index (χ0v) is 13.8. The number of aromatic nitrogens is 2. The van der Waals surface area contributed by atoms with E-state index >= 15 is 0 Å². The number of benzene rings is 1. The summed E-state index contributed by atoms with van der Waals surface area (Å²) in [7, 11) is 0. The van der Waals surface area contributed by atoms with Crippen LogP contribution in [0.25, 0.3) is 15.9 Å². The van der Waals surface area contributed by atoms with Crippen LogP contribution in [0.5, 0.6) is 0 Å². The lowest BCUT2D eigenvalue weighted by Gasteiger charge is -2.08. The fourth-order valence-corrected chi connectivity index (χ4v) is 3.89. The van der Waals surface area contributed by atoms with Crippen molar-refractivity contribution >= 4 is 33.8 Å². The highest BCUT2D eigenvalue weighted by Crippen LogP contribution is 2.22. The van der Waals surface area contributed by atoms with Gasteiger partial charge in [-0.25, -0.2) is 0 Å². The van der Waals surface area contributed by atoms with Crippen molar-refractivity contribution in [1.29, 1.82) is 0 Å². The van der Waals surface area contributed by atoms with Crippen LogP contribution >= 0.6 is 23.6 Å². The van der Waals surface area contributed by atoms with Crippen LogP contribution in [0.4, 0.5) is 0 Å². The van der Waals surface area contributed by atoms with Crippen LogP contribution in [-0.4, -0.2) is 9.55 Å². The van der Waals surface area contributed by atoms with Crippen LogP contribution in [-0.2, 0) is 6.42 Å². The minimum atomic E-state index is -0.0466. The average molecular weight is 316 g/mol. The van der Waals surface area contributed by atoms with E-state index in [-0.39, 0.29) is 5.56 Å². The van der Waals surface area contributed by atoms with Crippen LogP contribution < -0.4 is 5.56 Å². The molecule has 3 nitrogen and oxygen atoms in total. The highest BCUT2D eigenvalue weighted by atomic mass is 32.1. The van der Waals surface area contributed by atoms with E-state index in [2.05, 4.69) is 18.0 Å². The first-order chi connectivity index (χ1) is 9.99. The first-order valence-electron chi connectivity index (χ1n) is 6.86. The molecular formula is C16H16N2OS2. The molecule has 0 aliphatic heterocycles. The van der Waals surface area contributed by atoms with Crippen molar-refractivity contribution in [3.05, 3.63) is 55.4 Å². The molecule has 0 amide bonds. The van der Waals surface area contributed by atoms with Crippen LogP contribution in [0.1, 0.15) is 22.9 Å². The molecule has 0 saturated heterocycles. The predicted octanol–water partition coefficient (Wildman–Crippen LogP) is 4.29. The molecule has 3 aromatic rings. The molecule has 0 spiro atoms. The lowest BCUT2D eigenvalue weighted by Crippen LogP contribution is -2.19. The minimum absolute atomic E-state index is 0.0466. The summed E-state index contributed by atoms with van der Waals surface area (Å²) in [6.45, 7) is 6.13. The van der Waals surface area contributed by atoms with Gasteiger partial charge in [-0.3, -0.25) is 9.36 Å². The molecule has 0 atom stereocenters. The molecule has 21 heavy (non-hydrogen) atoms. The Kier molecular flexibility index (Phi) is 3.55. The highest BCUT2D eigenvalue weighted by molar-refractivity contribution is 7.71. The summed E-state index contributed by atoms with van der Waals surface area (Å²) in [5.74, 6) is 0. The highest BCUT2D eigenvalue weighted by Gasteiger charge is 2.11. The van der Waals surface area contributed by atoms with Gasteiger partial charge >= 0.3 is 0 Å². The molecule has 108 valence electrons. The van der Waals surface area contributed by atoms with E-state index in [0.717, 1.165) is 28.1 Å². The first kappa shape index (κ1) is 14.2. The maximum absolute atomic E-state index is 12.8. The van der Waals surface area contributed by atoms with Crippen LogP contribution in [0.15, 0.2) is 29.1 Å². The third kappa shape index (κ3) is 2.47. The summed E-state index contributed by atoms with van der Waals surface area (Å²) < 4.78 is 2.03. The van der Waals surface area contributed by atoms with Gasteiger partial charge in [-0.15, -0.1) is 11.3 Å². The van der Waals surface area contributed by atoms with Crippen LogP contribution in [0.2, 0.25) is 0 Å². The van der Waals surface area contributed by atoms with E-state index in [1.807, 2.05) is 32.0 Å². The monoisotopic (exact) mass is 316 g/mol. The van der Waals surface area contributed by atoms with Gasteiger partial charge in [-0.1, -0.05) is 13.0 Å². The molecule has 2 aromatic heterocycles. The lowest BCUT2D eigenvalue weighted by molar-refractivity contribution is 0.939. The summed E-state index contributed by atoms with van der Waals surface area (Å²) in [5.41, 5.74) is 3.01.